The van der Waals surface area contributed by atoms with Crippen LogP contribution in [0.25, 0.3) is 5.82 Å². The summed E-state index contributed by atoms with van der Waals surface area (Å²) >= 11 is 0. The zero-order valence-corrected chi connectivity index (χ0v) is 15.2. The highest BCUT2D eigenvalue weighted by molar-refractivity contribution is 5.79. The zero-order valence-electron chi connectivity index (χ0n) is 15.2. The molecule has 0 radical (unpaired) electrons. The average Bonchev–Trinajstić information content (AvgIpc) is 3.14. The Balaban J connectivity index is 1.64. The van der Waals surface area contributed by atoms with E-state index in [2.05, 4.69) is 34.4 Å². The van der Waals surface area contributed by atoms with Crippen LogP contribution in [-0.4, -0.2) is 33.6 Å². The molecule has 0 spiro atoms. The summed E-state index contributed by atoms with van der Waals surface area (Å²) in [6.07, 6.45) is 12.5. The van der Waals surface area contributed by atoms with Gasteiger partial charge in [-0.05, 0) is 49.3 Å². The first kappa shape index (κ1) is 17.5. The summed E-state index contributed by atoms with van der Waals surface area (Å²) in [5, 5.41) is 6.88. The van der Waals surface area contributed by atoms with Gasteiger partial charge in [-0.1, -0.05) is 13.3 Å². The number of guanidine groups is 1. The van der Waals surface area contributed by atoms with E-state index in [1.165, 1.54) is 25.7 Å². The van der Waals surface area contributed by atoms with Crippen molar-refractivity contribution in [2.24, 2.45) is 10.4 Å². The zero-order chi connectivity index (χ0) is 17.5. The van der Waals surface area contributed by atoms with E-state index in [4.69, 9.17) is 4.99 Å². The molecule has 2 aromatic heterocycles. The topological polar surface area (TPSA) is 67.1 Å². The van der Waals surface area contributed by atoms with Gasteiger partial charge in [0.1, 0.15) is 12.1 Å². The maximum atomic E-state index is 4.74. The number of nitrogens with zero attached hydrogens (tertiary/aromatic N) is 4. The lowest BCUT2D eigenvalue weighted by Gasteiger charge is -2.41. The van der Waals surface area contributed by atoms with E-state index in [1.54, 1.807) is 12.5 Å². The molecule has 2 aromatic rings. The van der Waals surface area contributed by atoms with Gasteiger partial charge in [0.2, 0.25) is 0 Å². The SMILES string of the molecule is CCNC(=NCc1ccnc(-n2ccnc2)c1)NCC1(CC)CCC1. The van der Waals surface area contributed by atoms with E-state index in [1.807, 2.05) is 29.1 Å². The summed E-state index contributed by atoms with van der Waals surface area (Å²) in [5.41, 5.74) is 1.60. The Morgan fingerprint density at radius 1 is 1.28 bits per heavy atom. The number of aromatic nitrogens is 3. The Hall–Kier alpha value is -2.37. The maximum Gasteiger partial charge on any atom is 0.191 e. The van der Waals surface area contributed by atoms with Gasteiger partial charge in [0.25, 0.3) is 0 Å². The number of nitrogens with one attached hydrogen (secondary N) is 2. The average molecular weight is 340 g/mol. The molecule has 0 atom stereocenters. The summed E-state index contributed by atoms with van der Waals surface area (Å²) in [5.74, 6) is 1.76. The molecule has 0 aromatic carbocycles. The van der Waals surface area contributed by atoms with Gasteiger partial charge in [0, 0.05) is 31.7 Å². The van der Waals surface area contributed by atoms with E-state index in [-0.39, 0.29) is 0 Å². The molecule has 0 aliphatic heterocycles. The first-order valence-electron chi connectivity index (χ1n) is 9.20. The van der Waals surface area contributed by atoms with Gasteiger partial charge >= 0.3 is 0 Å². The van der Waals surface area contributed by atoms with Crippen molar-refractivity contribution in [1.29, 1.82) is 0 Å². The second-order valence-corrected chi connectivity index (χ2v) is 6.75. The molecule has 6 nitrogen and oxygen atoms in total. The predicted octanol–water partition coefficient (Wildman–Crippen LogP) is 2.90. The first-order valence-corrected chi connectivity index (χ1v) is 9.20. The number of hydrogen-bond acceptors (Lipinski definition) is 3. The van der Waals surface area contributed by atoms with Crippen molar-refractivity contribution in [3.05, 3.63) is 42.6 Å². The van der Waals surface area contributed by atoms with Crippen LogP contribution in [0.3, 0.4) is 0 Å². The smallest absolute Gasteiger partial charge is 0.191 e. The Bertz CT molecular complexity index is 682. The fourth-order valence-corrected chi connectivity index (χ4v) is 3.21. The summed E-state index contributed by atoms with van der Waals surface area (Å²) in [4.78, 5) is 13.2. The van der Waals surface area contributed by atoms with Crippen molar-refractivity contribution in [2.75, 3.05) is 13.1 Å². The highest BCUT2D eigenvalue weighted by atomic mass is 15.2. The molecule has 0 unspecified atom stereocenters. The van der Waals surface area contributed by atoms with E-state index in [9.17, 15) is 0 Å². The molecule has 1 fully saturated rings. The molecule has 3 rings (SSSR count). The Morgan fingerprint density at radius 2 is 2.16 bits per heavy atom. The van der Waals surface area contributed by atoms with E-state index >= 15 is 0 Å². The number of pyridine rings is 1. The molecule has 1 aliphatic carbocycles. The Labute approximate surface area is 149 Å². The molecule has 1 aliphatic rings. The summed E-state index contributed by atoms with van der Waals surface area (Å²) in [6, 6.07) is 4.06. The van der Waals surface area contributed by atoms with Crippen LogP contribution in [0.1, 0.15) is 45.1 Å². The van der Waals surface area contributed by atoms with Gasteiger partial charge < -0.3 is 10.6 Å². The minimum Gasteiger partial charge on any atom is -0.357 e. The van der Waals surface area contributed by atoms with Gasteiger partial charge in [-0.3, -0.25) is 4.57 Å². The number of imidazole rings is 1. The third-order valence-electron chi connectivity index (χ3n) is 5.14. The number of rotatable bonds is 7. The van der Waals surface area contributed by atoms with Crippen LogP contribution < -0.4 is 10.6 Å². The van der Waals surface area contributed by atoms with Crippen LogP contribution >= 0.6 is 0 Å². The molecular weight excluding hydrogens is 312 g/mol. The predicted molar refractivity (Wildman–Crippen MR) is 101 cm³/mol. The fourth-order valence-electron chi connectivity index (χ4n) is 3.21. The normalized spacial score (nSPS) is 16.3. The van der Waals surface area contributed by atoms with Gasteiger partial charge in [-0.25, -0.2) is 15.0 Å². The summed E-state index contributed by atoms with van der Waals surface area (Å²) in [6.45, 7) is 6.88. The van der Waals surface area contributed by atoms with Crippen molar-refractivity contribution >= 4 is 5.96 Å². The van der Waals surface area contributed by atoms with Crippen LogP contribution in [0.4, 0.5) is 0 Å². The van der Waals surface area contributed by atoms with Gasteiger partial charge in [-0.2, -0.15) is 0 Å². The Kier molecular flexibility index (Phi) is 5.68. The molecule has 6 heteroatoms. The molecule has 1 saturated carbocycles. The van der Waals surface area contributed by atoms with Gasteiger partial charge in [-0.15, -0.1) is 0 Å². The van der Waals surface area contributed by atoms with Crippen LogP contribution in [-0.2, 0) is 6.54 Å². The molecule has 0 saturated heterocycles. The van der Waals surface area contributed by atoms with E-state index in [0.29, 0.717) is 12.0 Å². The van der Waals surface area contributed by atoms with Gasteiger partial charge in [0.15, 0.2) is 5.96 Å². The molecule has 2 heterocycles. The standard InChI is InChI=1S/C19H28N6/c1-3-19(7-5-8-19)14-24-18(21-4-2)23-13-16-6-9-22-17(12-16)25-11-10-20-15-25/h6,9-12,15H,3-5,7-8,13-14H2,1-2H3,(H2,21,23,24). The number of hydrogen-bond donors (Lipinski definition) is 2. The lowest BCUT2D eigenvalue weighted by Crippen LogP contribution is -2.46. The van der Waals surface area contributed by atoms with Crippen molar-refractivity contribution in [2.45, 2.75) is 46.1 Å². The summed E-state index contributed by atoms with van der Waals surface area (Å²) < 4.78 is 1.90. The summed E-state index contributed by atoms with van der Waals surface area (Å²) in [7, 11) is 0. The molecule has 0 amide bonds. The van der Waals surface area contributed by atoms with Crippen LogP contribution in [0.15, 0.2) is 42.0 Å². The number of aliphatic imine (C=N–C) groups is 1. The minimum absolute atomic E-state index is 0.474. The first-order chi connectivity index (χ1) is 12.2. The maximum absolute atomic E-state index is 4.74. The second kappa shape index (κ2) is 8.14. The van der Waals surface area contributed by atoms with Crippen molar-refractivity contribution in [3.63, 3.8) is 0 Å². The quantitative estimate of drug-likeness (QED) is 0.601. The van der Waals surface area contributed by atoms with E-state index < -0.39 is 0 Å². The second-order valence-electron chi connectivity index (χ2n) is 6.75. The lowest BCUT2D eigenvalue weighted by atomic mass is 9.67. The van der Waals surface area contributed by atoms with Gasteiger partial charge in [0.05, 0.1) is 6.54 Å². The fraction of sp³-hybridized carbons (Fsp3) is 0.526. The van der Waals surface area contributed by atoms with Crippen LogP contribution in [0.2, 0.25) is 0 Å². The van der Waals surface area contributed by atoms with Crippen LogP contribution in [0, 0.1) is 5.41 Å². The monoisotopic (exact) mass is 340 g/mol. The highest BCUT2D eigenvalue weighted by Gasteiger charge is 2.34. The van der Waals surface area contributed by atoms with Crippen LogP contribution in [0.5, 0.6) is 0 Å². The third-order valence-corrected chi connectivity index (χ3v) is 5.14. The minimum atomic E-state index is 0.474. The Morgan fingerprint density at radius 3 is 2.80 bits per heavy atom. The molecule has 2 N–H and O–H groups in total. The van der Waals surface area contributed by atoms with Crippen molar-refractivity contribution < 1.29 is 0 Å². The molecular formula is C19H28N6. The highest BCUT2D eigenvalue weighted by Crippen LogP contribution is 2.42. The third kappa shape index (κ3) is 4.38. The molecule has 0 bridgehead atoms. The molecule has 134 valence electrons. The largest absolute Gasteiger partial charge is 0.357 e. The molecule has 25 heavy (non-hydrogen) atoms. The lowest BCUT2D eigenvalue weighted by molar-refractivity contribution is 0.131. The van der Waals surface area contributed by atoms with Crippen molar-refractivity contribution in [1.82, 2.24) is 25.2 Å². The van der Waals surface area contributed by atoms with E-state index in [0.717, 1.165) is 30.4 Å². The van der Waals surface area contributed by atoms with Crippen molar-refractivity contribution in [3.8, 4) is 5.82 Å².